The summed E-state index contributed by atoms with van der Waals surface area (Å²) in [6, 6.07) is 0. The number of rotatable bonds is 0. The van der Waals surface area contributed by atoms with E-state index in [1.54, 1.807) is 0 Å². The van der Waals surface area contributed by atoms with Crippen LogP contribution in [-0.2, 0) is 0 Å². The summed E-state index contributed by atoms with van der Waals surface area (Å²) in [7, 11) is 0. The minimum Gasteiger partial charge on any atom is -0.381 e. The molecule has 6 heteroatoms. The first-order chi connectivity index (χ1) is 3.81. The summed E-state index contributed by atoms with van der Waals surface area (Å²) in [5.41, 5.74) is 12.5. The highest BCUT2D eigenvalue weighted by Crippen LogP contribution is 1.69. The molecule has 0 spiro atoms. The zero-order valence-electron chi connectivity index (χ0n) is 3.81. The molecule has 0 amide bonds. The second-order valence-electron chi connectivity index (χ2n) is 0.759. The molecule has 0 aliphatic rings. The highest BCUT2D eigenvalue weighted by molar-refractivity contribution is 5.79. The number of nitrogens with two attached hydrogens (primary N) is 1. The Bertz CT molecular complexity index is 177. The lowest BCUT2D eigenvalue weighted by atomic mass is 11.0. The zero-order valence-corrected chi connectivity index (χ0v) is 3.81. The number of hydrogen-bond acceptors (Lipinski definition) is 2. The number of azide groups is 1. The van der Waals surface area contributed by atoms with Gasteiger partial charge in [0, 0.05) is 4.91 Å². The lowest BCUT2D eigenvalue weighted by Gasteiger charge is -1.75. The molecule has 6 nitrogen and oxygen atoms in total. The van der Waals surface area contributed by atoms with Crippen LogP contribution in [0.4, 0.5) is 0 Å². The molecule has 40 valence electrons. The SMILES string of the molecule is N#CN=C(N)N=[N+]=[N-]. The molecular weight excluding hydrogens is 108 g/mol. The molecule has 0 aromatic carbocycles. The van der Waals surface area contributed by atoms with Gasteiger partial charge in [-0.15, -0.1) is 0 Å². The van der Waals surface area contributed by atoms with E-state index in [-0.39, 0.29) is 5.96 Å². The molecule has 2 N–H and O–H groups in total. The molecule has 0 aromatic rings. The Kier molecular flexibility index (Phi) is 2.71. The topological polar surface area (TPSA) is 111 Å². The van der Waals surface area contributed by atoms with Gasteiger partial charge in [-0.1, -0.05) is 0 Å². The van der Waals surface area contributed by atoms with Crippen LogP contribution in [0.1, 0.15) is 0 Å². The molecule has 0 saturated heterocycles. The molecule has 0 heterocycles. The summed E-state index contributed by atoms with van der Waals surface area (Å²) >= 11 is 0. The molecule has 8 heavy (non-hydrogen) atoms. The average Bonchev–Trinajstić information content (AvgIpc) is 1.68. The minimum absolute atomic E-state index is 0.366. The van der Waals surface area contributed by atoms with Crippen LogP contribution in [0.15, 0.2) is 10.1 Å². The Hall–Kier alpha value is -1.73. The van der Waals surface area contributed by atoms with Crippen molar-refractivity contribution in [3.05, 3.63) is 10.4 Å². The highest BCUT2D eigenvalue weighted by Gasteiger charge is 1.77. The van der Waals surface area contributed by atoms with Crippen LogP contribution < -0.4 is 5.73 Å². The summed E-state index contributed by atoms with van der Waals surface area (Å²) in [5, 5.41) is 10.6. The molecule has 0 bridgehead atoms. The number of hydrogen-bond donors (Lipinski definition) is 1. The second kappa shape index (κ2) is 3.46. The minimum atomic E-state index is -0.366. The molecule has 0 aliphatic heterocycles. The molecule has 0 aromatic heterocycles. The molecule has 0 unspecified atom stereocenters. The number of nitriles is 1. The predicted molar refractivity (Wildman–Crippen MR) is 26.4 cm³/mol. The van der Waals surface area contributed by atoms with E-state index in [4.69, 9.17) is 16.5 Å². The maximum Gasteiger partial charge on any atom is 0.207 e. The number of nitrogens with zero attached hydrogens (tertiary/aromatic N) is 5. The largest absolute Gasteiger partial charge is 0.381 e. The molecule has 0 fully saturated rings. The van der Waals surface area contributed by atoms with Crippen LogP contribution in [0.25, 0.3) is 10.4 Å². The highest BCUT2D eigenvalue weighted by atomic mass is 15.2. The number of aliphatic imine (C=N–C) groups is 1. The fraction of sp³-hybridized carbons (Fsp3) is 0. The first-order valence-corrected chi connectivity index (χ1v) is 1.58. The van der Waals surface area contributed by atoms with Crippen LogP contribution >= 0.6 is 0 Å². The predicted octanol–water partition coefficient (Wildman–Crippen LogP) is 0.0925. The van der Waals surface area contributed by atoms with E-state index in [0.717, 1.165) is 0 Å². The lowest BCUT2D eigenvalue weighted by Crippen LogP contribution is -2.05. The van der Waals surface area contributed by atoms with Gasteiger partial charge in [-0.3, -0.25) is 0 Å². The average molecular weight is 110 g/mol. The summed E-state index contributed by atoms with van der Waals surface area (Å²) < 4.78 is 0. The lowest BCUT2D eigenvalue weighted by molar-refractivity contribution is 1.38. The van der Waals surface area contributed by atoms with Crippen molar-refractivity contribution in [2.45, 2.75) is 0 Å². The van der Waals surface area contributed by atoms with Crippen molar-refractivity contribution in [3.8, 4) is 6.19 Å². The second-order valence-corrected chi connectivity index (χ2v) is 0.759. The first kappa shape index (κ1) is 6.27. The molecule has 0 saturated carbocycles. The third kappa shape index (κ3) is 2.50. The molecule has 0 radical (unpaired) electrons. The van der Waals surface area contributed by atoms with Gasteiger partial charge in [0.05, 0.1) is 0 Å². The van der Waals surface area contributed by atoms with Gasteiger partial charge in [0.1, 0.15) is 0 Å². The van der Waals surface area contributed by atoms with Crippen molar-refractivity contribution in [2.24, 2.45) is 15.8 Å². The molecular formula is C2H2N6. The van der Waals surface area contributed by atoms with Crippen LogP contribution in [-0.4, -0.2) is 5.96 Å². The van der Waals surface area contributed by atoms with Crippen molar-refractivity contribution in [1.29, 1.82) is 5.26 Å². The molecule has 0 rings (SSSR count). The van der Waals surface area contributed by atoms with E-state index in [2.05, 4.69) is 15.0 Å². The Morgan fingerprint density at radius 2 is 2.50 bits per heavy atom. The van der Waals surface area contributed by atoms with Gasteiger partial charge < -0.3 is 5.73 Å². The van der Waals surface area contributed by atoms with Crippen molar-refractivity contribution in [2.75, 3.05) is 0 Å². The monoisotopic (exact) mass is 110 g/mol. The fourth-order valence-corrected chi connectivity index (χ4v) is 0.119. The maximum absolute atomic E-state index is 7.76. The Balaban J connectivity index is 4.06. The van der Waals surface area contributed by atoms with Crippen LogP contribution in [0, 0.1) is 11.5 Å². The van der Waals surface area contributed by atoms with E-state index in [0.29, 0.717) is 0 Å². The van der Waals surface area contributed by atoms with Crippen molar-refractivity contribution in [3.63, 3.8) is 0 Å². The molecule has 0 atom stereocenters. The Morgan fingerprint density at radius 3 is 2.88 bits per heavy atom. The first-order valence-electron chi connectivity index (χ1n) is 1.58. The van der Waals surface area contributed by atoms with Gasteiger partial charge in [-0.2, -0.15) is 10.3 Å². The summed E-state index contributed by atoms with van der Waals surface area (Å²) in [6.45, 7) is 0. The van der Waals surface area contributed by atoms with Crippen molar-refractivity contribution >= 4 is 5.96 Å². The third-order valence-electron chi connectivity index (χ3n) is 0.312. The van der Waals surface area contributed by atoms with Gasteiger partial charge in [0.25, 0.3) is 0 Å². The van der Waals surface area contributed by atoms with E-state index < -0.39 is 0 Å². The quantitative estimate of drug-likeness (QED) is 0.119. The van der Waals surface area contributed by atoms with Gasteiger partial charge in [0.15, 0.2) is 5.96 Å². The smallest absolute Gasteiger partial charge is 0.207 e. The number of guanidine groups is 1. The Morgan fingerprint density at radius 1 is 1.88 bits per heavy atom. The van der Waals surface area contributed by atoms with Crippen LogP contribution in [0.3, 0.4) is 0 Å². The normalized spacial score (nSPS) is 9.12. The standard InChI is InChI=1S/C2H2N6/c3-1-6-2(4)7-8-5/h(H2,4,6). The van der Waals surface area contributed by atoms with Gasteiger partial charge in [-0.25, -0.2) is 0 Å². The van der Waals surface area contributed by atoms with E-state index in [1.807, 2.05) is 0 Å². The van der Waals surface area contributed by atoms with Crippen LogP contribution in [0.5, 0.6) is 0 Å². The zero-order chi connectivity index (χ0) is 6.41. The van der Waals surface area contributed by atoms with E-state index in [9.17, 15) is 0 Å². The Labute approximate surface area is 44.9 Å². The maximum atomic E-state index is 7.76. The fourth-order valence-electron chi connectivity index (χ4n) is 0.119. The van der Waals surface area contributed by atoms with Crippen molar-refractivity contribution in [1.82, 2.24) is 0 Å². The van der Waals surface area contributed by atoms with E-state index in [1.165, 1.54) is 6.19 Å². The summed E-state index contributed by atoms with van der Waals surface area (Å²) in [4.78, 5) is 5.17. The molecule has 0 aliphatic carbocycles. The third-order valence-corrected chi connectivity index (χ3v) is 0.312. The van der Waals surface area contributed by atoms with Gasteiger partial charge >= 0.3 is 0 Å². The van der Waals surface area contributed by atoms with Gasteiger partial charge in [-0.05, 0) is 10.6 Å². The summed E-state index contributed by atoms with van der Waals surface area (Å²) in [6.07, 6.45) is 1.35. The van der Waals surface area contributed by atoms with E-state index >= 15 is 0 Å². The van der Waals surface area contributed by atoms with Crippen molar-refractivity contribution < 1.29 is 0 Å². The summed E-state index contributed by atoms with van der Waals surface area (Å²) in [5.74, 6) is -0.366. The van der Waals surface area contributed by atoms with Crippen LogP contribution in [0.2, 0.25) is 0 Å². The van der Waals surface area contributed by atoms with Gasteiger partial charge in [0.2, 0.25) is 6.19 Å².